The lowest BCUT2D eigenvalue weighted by atomic mass is 10.1. The summed E-state index contributed by atoms with van der Waals surface area (Å²) in [6.45, 7) is 0. The number of phenols is 1. The Morgan fingerprint density at radius 2 is 1.95 bits per heavy atom. The van der Waals surface area contributed by atoms with Gasteiger partial charge in [0.2, 0.25) is 0 Å². The third-order valence-corrected chi connectivity index (χ3v) is 3.06. The van der Waals surface area contributed by atoms with Gasteiger partial charge in [-0.2, -0.15) is 0 Å². The number of benzene rings is 2. The summed E-state index contributed by atoms with van der Waals surface area (Å²) >= 11 is 5.95. The summed E-state index contributed by atoms with van der Waals surface area (Å²) in [7, 11) is 1.44. The summed E-state index contributed by atoms with van der Waals surface area (Å²) in [5, 5.41) is 10.1. The van der Waals surface area contributed by atoms with Crippen LogP contribution in [-0.2, 0) is 0 Å². The van der Waals surface area contributed by atoms with Crippen molar-refractivity contribution < 1.29 is 14.6 Å². The van der Waals surface area contributed by atoms with Crippen molar-refractivity contribution in [1.29, 1.82) is 0 Å². The molecule has 0 aromatic heterocycles. The highest BCUT2D eigenvalue weighted by molar-refractivity contribution is 6.32. The monoisotopic (exact) mass is 288 g/mol. The zero-order valence-electron chi connectivity index (χ0n) is 10.8. The Balaban J connectivity index is 2.26. The number of carbonyl (C=O) groups is 1. The molecule has 0 heterocycles. The maximum absolute atomic E-state index is 12.0. The molecule has 0 unspecified atom stereocenters. The lowest BCUT2D eigenvalue weighted by Gasteiger charge is -2.06. The third kappa shape index (κ3) is 3.19. The molecule has 1 N–H and O–H groups in total. The summed E-state index contributed by atoms with van der Waals surface area (Å²) in [6, 6.07) is 12.1. The van der Waals surface area contributed by atoms with Gasteiger partial charge in [-0.1, -0.05) is 48.0 Å². The topological polar surface area (TPSA) is 46.5 Å². The Labute approximate surface area is 122 Å². The lowest BCUT2D eigenvalue weighted by Crippen LogP contribution is -1.96. The van der Waals surface area contributed by atoms with Crippen LogP contribution in [0.5, 0.6) is 11.5 Å². The van der Waals surface area contributed by atoms with Crippen LogP contribution >= 0.6 is 11.6 Å². The van der Waals surface area contributed by atoms with Crippen molar-refractivity contribution in [3.8, 4) is 11.5 Å². The Hall–Kier alpha value is -2.26. The fourth-order valence-corrected chi connectivity index (χ4v) is 1.96. The smallest absolute Gasteiger partial charge is 0.189 e. The highest BCUT2D eigenvalue weighted by atomic mass is 35.5. The molecule has 0 aliphatic rings. The van der Waals surface area contributed by atoms with E-state index < -0.39 is 0 Å². The van der Waals surface area contributed by atoms with Gasteiger partial charge < -0.3 is 9.84 Å². The van der Waals surface area contributed by atoms with Gasteiger partial charge in [0.05, 0.1) is 17.7 Å². The molecule has 0 aliphatic carbocycles. The van der Waals surface area contributed by atoms with Crippen molar-refractivity contribution >= 4 is 23.5 Å². The number of allylic oxidation sites excluding steroid dienone is 1. The van der Waals surface area contributed by atoms with E-state index in [0.29, 0.717) is 5.75 Å². The van der Waals surface area contributed by atoms with Gasteiger partial charge in [-0.25, -0.2) is 0 Å². The van der Waals surface area contributed by atoms with Crippen LogP contribution in [0.1, 0.15) is 15.9 Å². The quantitative estimate of drug-likeness (QED) is 0.684. The molecule has 2 aromatic rings. The summed E-state index contributed by atoms with van der Waals surface area (Å²) < 4.78 is 4.97. The maximum Gasteiger partial charge on any atom is 0.189 e. The minimum absolute atomic E-state index is 0.142. The molecule has 0 radical (unpaired) electrons. The molecular formula is C16H13ClO3. The maximum atomic E-state index is 12.0. The van der Waals surface area contributed by atoms with Gasteiger partial charge in [-0.15, -0.1) is 0 Å². The van der Waals surface area contributed by atoms with Crippen molar-refractivity contribution in [3.63, 3.8) is 0 Å². The first-order valence-electron chi connectivity index (χ1n) is 5.96. The van der Waals surface area contributed by atoms with Crippen LogP contribution in [0.4, 0.5) is 0 Å². The van der Waals surface area contributed by atoms with Gasteiger partial charge in [0.1, 0.15) is 11.5 Å². The Morgan fingerprint density at radius 3 is 2.60 bits per heavy atom. The van der Waals surface area contributed by atoms with Crippen molar-refractivity contribution in [3.05, 3.63) is 64.7 Å². The number of ketones is 1. The van der Waals surface area contributed by atoms with E-state index in [-0.39, 0.29) is 22.1 Å². The SMILES string of the molecule is COc1cc(O)c(C(=O)C=Cc2ccccc2)cc1Cl. The van der Waals surface area contributed by atoms with Gasteiger partial charge in [-0.05, 0) is 17.7 Å². The summed E-state index contributed by atoms with van der Waals surface area (Å²) in [5.41, 5.74) is 1.04. The second-order valence-corrected chi connectivity index (χ2v) is 4.52. The van der Waals surface area contributed by atoms with E-state index in [1.54, 1.807) is 6.08 Å². The molecule has 3 nitrogen and oxygen atoms in total. The van der Waals surface area contributed by atoms with E-state index >= 15 is 0 Å². The van der Waals surface area contributed by atoms with E-state index in [0.717, 1.165) is 5.56 Å². The van der Waals surface area contributed by atoms with E-state index in [9.17, 15) is 9.90 Å². The lowest BCUT2D eigenvalue weighted by molar-refractivity contribution is 0.104. The molecule has 0 fully saturated rings. The number of hydrogen-bond acceptors (Lipinski definition) is 3. The first kappa shape index (κ1) is 14.2. The third-order valence-electron chi connectivity index (χ3n) is 2.76. The Morgan fingerprint density at radius 1 is 1.25 bits per heavy atom. The second kappa shape index (κ2) is 6.26. The zero-order valence-corrected chi connectivity index (χ0v) is 11.6. The predicted molar refractivity (Wildman–Crippen MR) is 79.5 cm³/mol. The predicted octanol–water partition coefficient (Wildman–Crippen LogP) is 3.95. The van der Waals surface area contributed by atoms with E-state index in [2.05, 4.69) is 0 Å². The standard InChI is InChI=1S/C16H13ClO3/c1-20-16-10-15(19)12(9-13(16)17)14(18)8-7-11-5-3-2-4-6-11/h2-10,19H,1H3. The molecular weight excluding hydrogens is 276 g/mol. The Bertz CT molecular complexity index is 648. The minimum Gasteiger partial charge on any atom is -0.507 e. The molecule has 0 amide bonds. The van der Waals surface area contributed by atoms with Crippen LogP contribution in [0.3, 0.4) is 0 Å². The van der Waals surface area contributed by atoms with Crippen molar-refractivity contribution in [2.24, 2.45) is 0 Å². The molecule has 0 spiro atoms. The fourth-order valence-electron chi connectivity index (χ4n) is 1.72. The number of aromatic hydroxyl groups is 1. The van der Waals surface area contributed by atoms with Crippen LogP contribution in [0.15, 0.2) is 48.5 Å². The van der Waals surface area contributed by atoms with Gasteiger partial charge >= 0.3 is 0 Å². The molecule has 0 aliphatic heterocycles. The number of methoxy groups -OCH3 is 1. The number of hydrogen-bond donors (Lipinski definition) is 1. The molecule has 102 valence electrons. The molecule has 2 rings (SSSR count). The number of carbonyl (C=O) groups excluding carboxylic acids is 1. The molecule has 0 atom stereocenters. The van der Waals surface area contributed by atoms with Crippen LogP contribution in [0.25, 0.3) is 6.08 Å². The molecule has 0 saturated carbocycles. The molecule has 0 saturated heterocycles. The largest absolute Gasteiger partial charge is 0.507 e. The summed E-state index contributed by atoms with van der Waals surface area (Å²) in [4.78, 5) is 12.0. The highest BCUT2D eigenvalue weighted by Crippen LogP contribution is 2.32. The van der Waals surface area contributed by atoms with Gasteiger partial charge in [0.15, 0.2) is 5.78 Å². The first-order valence-corrected chi connectivity index (χ1v) is 6.33. The average Bonchev–Trinajstić information content (AvgIpc) is 2.47. The van der Waals surface area contributed by atoms with Gasteiger partial charge in [0.25, 0.3) is 0 Å². The van der Waals surface area contributed by atoms with Crippen LogP contribution in [0, 0.1) is 0 Å². The van der Waals surface area contributed by atoms with E-state index in [1.807, 2.05) is 30.3 Å². The highest BCUT2D eigenvalue weighted by Gasteiger charge is 2.13. The van der Waals surface area contributed by atoms with E-state index in [1.165, 1.54) is 25.3 Å². The summed E-state index contributed by atoms with van der Waals surface area (Å²) in [6.07, 6.45) is 3.08. The molecule has 0 bridgehead atoms. The fraction of sp³-hybridized carbons (Fsp3) is 0.0625. The van der Waals surface area contributed by atoms with Crippen molar-refractivity contribution in [2.75, 3.05) is 7.11 Å². The Kier molecular flexibility index (Phi) is 4.43. The van der Waals surface area contributed by atoms with Gasteiger partial charge in [-0.3, -0.25) is 4.79 Å². The number of ether oxygens (including phenoxy) is 1. The minimum atomic E-state index is -0.323. The molecule has 2 aromatic carbocycles. The van der Waals surface area contributed by atoms with Crippen molar-refractivity contribution in [2.45, 2.75) is 0 Å². The first-order chi connectivity index (χ1) is 9.61. The van der Waals surface area contributed by atoms with Crippen LogP contribution < -0.4 is 4.74 Å². The summed E-state index contributed by atoms with van der Waals surface area (Å²) in [5.74, 6) is -0.155. The average molecular weight is 289 g/mol. The number of halogens is 1. The van der Waals surface area contributed by atoms with Crippen LogP contribution in [0.2, 0.25) is 5.02 Å². The van der Waals surface area contributed by atoms with Gasteiger partial charge in [0, 0.05) is 6.07 Å². The zero-order chi connectivity index (χ0) is 14.5. The van der Waals surface area contributed by atoms with Crippen molar-refractivity contribution in [1.82, 2.24) is 0 Å². The number of rotatable bonds is 4. The number of phenolic OH excluding ortho intramolecular Hbond substituents is 1. The second-order valence-electron chi connectivity index (χ2n) is 4.11. The van der Waals surface area contributed by atoms with Crippen LogP contribution in [-0.4, -0.2) is 18.0 Å². The normalized spacial score (nSPS) is 10.7. The molecule has 20 heavy (non-hydrogen) atoms. The van der Waals surface area contributed by atoms with E-state index in [4.69, 9.17) is 16.3 Å². The molecule has 4 heteroatoms.